The van der Waals surface area contributed by atoms with Gasteiger partial charge in [0, 0.05) is 18.8 Å². The molecule has 0 aliphatic heterocycles. The van der Waals surface area contributed by atoms with E-state index in [0.29, 0.717) is 6.61 Å². The minimum Gasteiger partial charge on any atom is -0.497 e. The van der Waals surface area contributed by atoms with Gasteiger partial charge in [0.25, 0.3) is 0 Å². The summed E-state index contributed by atoms with van der Waals surface area (Å²) < 4.78 is 10.9. The van der Waals surface area contributed by atoms with E-state index in [9.17, 15) is 0 Å². The van der Waals surface area contributed by atoms with E-state index in [-0.39, 0.29) is 0 Å². The van der Waals surface area contributed by atoms with E-state index >= 15 is 0 Å². The zero-order chi connectivity index (χ0) is 13.5. The summed E-state index contributed by atoms with van der Waals surface area (Å²) in [6, 6.07) is 7.60. The Bertz CT molecular complexity index is 514. The number of aromatic nitrogens is 1. The van der Waals surface area contributed by atoms with E-state index in [1.54, 1.807) is 18.4 Å². The third-order valence-corrected chi connectivity index (χ3v) is 3.43. The van der Waals surface area contributed by atoms with E-state index in [2.05, 4.69) is 17.2 Å². The summed E-state index contributed by atoms with van der Waals surface area (Å²) in [5, 5.41) is 4.21. The van der Waals surface area contributed by atoms with Crippen LogP contribution in [0.1, 0.15) is 18.2 Å². The van der Waals surface area contributed by atoms with Crippen LogP contribution >= 0.6 is 11.3 Å². The van der Waals surface area contributed by atoms with Crippen molar-refractivity contribution in [3.63, 3.8) is 0 Å². The van der Waals surface area contributed by atoms with Crippen LogP contribution in [0.2, 0.25) is 0 Å². The van der Waals surface area contributed by atoms with Crippen molar-refractivity contribution in [2.24, 2.45) is 0 Å². The second-order valence-electron chi connectivity index (χ2n) is 4.03. The number of thiazole rings is 1. The maximum absolute atomic E-state index is 5.71. The number of anilines is 1. The number of ether oxygens (including phenoxy) is 2. The topological polar surface area (TPSA) is 43.4 Å². The molecular weight excluding hydrogens is 260 g/mol. The van der Waals surface area contributed by atoms with Crippen molar-refractivity contribution in [1.82, 2.24) is 4.98 Å². The Balaban J connectivity index is 1.89. The highest BCUT2D eigenvalue weighted by Gasteiger charge is 2.03. The monoisotopic (exact) mass is 278 g/mol. The predicted molar refractivity (Wildman–Crippen MR) is 78.2 cm³/mol. The molecule has 0 aliphatic rings. The summed E-state index contributed by atoms with van der Waals surface area (Å²) in [6.07, 6.45) is 2.94. The van der Waals surface area contributed by atoms with Gasteiger partial charge < -0.3 is 14.8 Å². The molecule has 1 N–H and O–H groups in total. The second kappa shape index (κ2) is 6.99. The van der Waals surface area contributed by atoms with Gasteiger partial charge in [0.2, 0.25) is 0 Å². The maximum Gasteiger partial charge on any atom is 0.182 e. The summed E-state index contributed by atoms with van der Waals surface area (Å²) in [4.78, 5) is 5.40. The number of benzene rings is 1. The molecule has 0 atom stereocenters. The van der Waals surface area contributed by atoms with Gasteiger partial charge >= 0.3 is 0 Å². The molecule has 0 spiro atoms. The number of hydrogen-bond acceptors (Lipinski definition) is 5. The van der Waals surface area contributed by atoms with Crippen molar-refractivity contribution >= 4 is 16.5 Å². The van der Waals surface area contributed by atoms with Crippen LogP contribution in [-0.2, 0) is 6.61 Å². The number of nitrogens with one attached hydrogen (secondary N) is 1. The molecule has 0 saturated heterocycles. The lowest BCUT2D eigenvalue weighted by Gasteiger charge is -2.06. The van der Waals surface area contributed by atoms with Crippen molar-refractivity contribution in [3.05, 3.63) is 35.3 Å². The highest BCUT2D eigenvalue weighted by molar-refractivity contribution is 7.15. The molecule has 1 aromatic carbocycles. The molecule has 0 amide bonds. The van der Waals surface area contributed by atoms with Crippen molar-refractivity contribution in [2.75, 3.05) is 19.0 Å². The van der Waals surface area contributed by atoms with E-state index in [0.717, 1.165) is 34.5 Å². The van der Waals surface area contributed by atoms with Crippen LogP contribution in [0.3, 0.4) is 0 Å². The van der Waals surface area contributed by atoms with Crippen LogP contribution in [-0.4, -0.2) is 18.6 Å². The van der Waals surface area contributed by atoms with Gasteiger partial charge in [0.05, 0.1) is 12.0 Å². The first kappa shape index (κ1) is 13.7. The fraction of sp³-hybridized carbons (Fsp3) is 0.357. The molecule has 4 nitrogen and oxygen atoms in total. The minimum atomic E-state index is 0.526. The van der Waals surface area contributed by atoms with Crippen LogP contribution in [0.5, 0.6) is 11.5 Å². The maximum atomic E-state index is 5.71. The first-order chi connectivity index (χ1) is 9.31. The number of rotatable bonds is 7. The van der Waals surface area contributed by atoms with Crippen LogP contribution in [0.15, 0.2) is 30.5 Å². The molecule has 0 fully saturated rings. The Morgan fingerprint density at radius 3 is 2.95 bits per heavy atom. The molecule has 1 heterocycles. The van der Waals surface area contributed by atoms with Gasteiger partial charge in [0.15, 0.2) is 5.13 Å². The van der Waals surface area contributed by atoms with Gasteiger partial charge in [-0.25, -0.2) is 4.98 Å². The molecule has 102 valence electrons. The minimum absolute atomic E-state index is 0.526. The zero-order valence-electron chi connectivity index (χ0n) is 11.2. The van der Waals surface area contributed by atoms with E-state index in [1.165, 1.54) is 0 Å². The van der Waals surface area contributed by atoms with Gasteiger partial charge in [0.1, 0.15) is 18.1 Å². The fourth-order valence-corrected chi connectivity index (χ4v) is 2.28. The van der Waals surface area contributed by atoms with Crippen LogP contribution in [0.4, 0.5) is 5.13 Å². The molecule has 2 aromatic rings. The molecule has 0 radical (unpaired) electrons. The summed E-state index contributed by atoms with van der Waals surface area (Å²) in [5.74, 6) is 1.60. The summed E-state index contributed by atoms with van der Waals surface area (Å²) >= 11 is 1.62. The van der Waals surface area contributed by atoms with E-state index in [1.807, 2.05) is 30.5 Å². The third-order valence-electron chi connectivity index (χ3n) is 2.50. The predicted octanol–water partition coefficient (Wildman–Crippen LogP) is 3.55. The quantitative estimate of drug-likeness (QED) is 0.841. The fourth-order valence-electron chi connectivity index (χ4n) is 1.53. The average Bonchev–Trinajstić information content (AvgIpc) is 2.91. The number of methoxy groups -OCH3 is 1. The van der Waals surface area contributed by atoms with E-state index < -0.39 is 0 Å². The highest BCUT2D eigenvalue weighted by atomic mass is 32.1. The lowest BCUT2D eigenvalue weighted by Crippen LogP contribution is -1.97. The highest BCUT2D eigenvalue weighted by Crippen LogP contribution is 2.22. The standard InChI is InChI=1S/C14H18N2O2S/c1-3-7-15-14-16-9-13(19-14)10-18-12-6-4-5-11(8-12)17-2/h4-6,8-9H,3,7,10H2,1-2H3,(H,15,16). The number of nitrogens with zero attached hydrogens (tertiary/aromatic N) is 1. The average molecular weight is 278 g/mol. The normalized spacial score (nSPS) is 10.2. The largest absolute Gasteiger partial charge is 0.497 e. The van der Waals surface area contributed by atoms with Gasteiger partial charge in [-0.2, -0.15) is 0 Å². The van der Waals surface area contributed by atoms with Crippen molar-refractivity contribution < 1.29 is 9.47 Å². The molecular formula is C14H18N2O2S. The molecule has 5 heteroatoms. The molecule has 1 aromatic heterocycles. The van der Waals surface area contributed by atoms with Crippen molar-refractivity contribution in [1.29, 1.82) is 0 Å². The zero-order valence-corrected chi connectivity index (χ0v) is 12.0. The van der Waals surface area contributed by atoms with Crippen molar-refractivity contribution in [2.45, 2.75) is 20.0 Å². The smallest absolute Gasteiger partial charge is 0.182 e. The summed E-state index contributed by atoms with van der Waals surface area (Å²) in [5.41, 5.74) is 0. The van der Waals surface area contributed by atoms with Gasteiger partial charge in [-0.1, -0.05) is 24.3 Å². The Labute approximate surface area is 117 Å². The Morgan fingerprint density at radius 1 is 1.32 bits per heavy atom. The first-order valence-electron chi connectivity index (χ1n) is 6.27. The molecule has 0 bridgehead atoms. The lowest BCUT2D eigenvalue weighted by molar-refractivity contribution is 0.307. The van der Waals surface area contributed by atoms with Crippen LogP contribution in [0.25, 0.3) is 0 Å². The van der Waals surface area contributed by atoms with Gasteiger partial charge in [-0.05, 0) is 18.6 Å². The number of hydrogen-bond donors (Lipinski definition) is 1. The van der Waals surface area contributed by atoms with Crippen molar-refractivity contribution in [3.8, 4) is 11.5 Å². The molecule has 0 aliphatic carbocycles. The lowest BCUT2D eigenvalue weighted by atomic mass is 10.3. The summed E-state index contributed by atoms with van der Waals surface area (Å²) in [7, 11) is 1.65. The first-order valence-corrected chi connectivity index (χ1v) is 7.09. The van der Waals surface area contributed by atoms with Crippen LogP contribution < -0.4 is 14.8 Å². The third kappa shape index (κ3) is 4.13. The van der Waals surface area contributed by atoms with Gasteiger partial charge in [-0.15, -0.1) is 0 Å². The molecule has 19 heavy (non-hydrogen) atoms. The Hall–Kier alpha value is -1.75. The molecule has 0 saturated carbocycles. The Morgan fingerprint density at radius 2 is 2.16 bits per heavy atom. The Kier molecular flexibility index (Phi) is 5.03. The van der Waals surface area contributed by atoms with E-state index in [4.69, 9.17) is 9.47 Å². The van der Waals surface area contributed by atoms with Crippen LogP contribution in [0, 0.1) is 0 Å². The second-order valence-corrected chi connectivity index (χ2v) is 5.14. The SMILES string of the molecule is CCCNc1ncc(COc2cccc(OC)c2)s1. The van der Waals surface area contributed by atoms with Gasteiger partial charge in [-0.3, -0.25) is 0 Å². The molecule has 0 unspecified atom stereocenters. The summed E-state index contributed by atoms with van der Waals surface area (Å²) in [6.45, 7) is 3.61. The molecule has 2 rings (SSSR count).